The third kappa shape index (κ3) is 3.67. The molecule has 5 heterocycles. The average Bonchev–Trinajstić information content (AvgIpc) is 3.23. The Hall–Kier alpha value is -3.00. The Morgan fingerprint density at radius 2 is 1.90 bits per heavy atom. The monoisotopic (exact) mass is 392 g/mol. The largest absolute Gasteiger partial charge is 0.378 e. The average molecular weight is 392 g/mol. The Bertz CT molecular complexity index is 999. The van der Waals surface area contributed by atoms with Crippen LogP contribution in [0.3, 0.4) is 0 Å². The Labute approximate surface area is 169 Å². The third-order valence-corrected chi connectivity index (χ3v) is 5.71. The molecule has 1 atom stereocenters. The van der Waals surface area contributed by atoms with Crippen molar-refractivity contribution in [3.05, 3.63) is 54.2 Å². The number of likely N-dealkylation sites (tertiary alicyclic amines) is 1. The van der Waals surface area contributed by atoms with Crippen LogP contribution in [-0.4, -0.2) is 69.8 Å². The van der Waals surface area contributed by atoms with Gasteiger partial charge in [-0.25, -0.2) is 9.50 Å². The van der Waals surface area contributed by atoms with E-state index in [-0.39, 0.29) is 11.8 Å². The molecule has 3 aromatic rings. The van der Waals surface area contributed by atoms with Crippen LogP contribution in [0.1, 0.15) is 34.9 Å². The number of anilines is 1. The zero-order valence-corrected chi connectivity index (χ0v) is 16.3. The van der Waals surface area contributed by atoms with Crippen molar-refractivity contribution >= 4 is 17.2 Å². The summed E-state index contributed by atoms with van der Waals surface area (Å²) in [6.45, 7) is 4.71. The molecule has 2 fully saturated rings. The molecule has 2 aliphatic rings. The number of rotatable bonds is 3. The van der Waals surface area contributed by atoms with E-state index < -0.39 is 0 Å². The SMILES string of the molecule is O=C(c1ccncc1)N1CCC[C@@H](c2nc3ccc(N4CCOCC4)cn3n2)C1. The summed E-state index contributed by atoms with van der Waals surface area (Å²) < 4.78 is 7.31. The first kappa shape index (κ1) is 18.1. The van der Waals surface area contributed by atoms with Crippen molar-refractivity contribution in [2.45, 2.75) is 18.8 Å². The minimum atomic E-state index is 0.0514. The molecule has 8 nitrogen and oxygen atoms in total. The Balaban J connectivity index is 1.35. The van der Waals surface area contributed by atoms with Gasteiger partial charge >= 0.3 is 0 Å². The lowest BCUT2D eigenvalue weighted by molar-refractivity contribution is 0.0704. The lowest BCUT2D eigenvalue weighted by Crippen LogP contribution is -2.39. The molecule has 8 heteroatoms. The van der Waals surface area contributed by atoms with Crippen LogP contribution in [0, 0.1) is 0 Å². The second-order valence-corrected chi connectivity index (χ2v) is 7.59. The Morgan fingerprint density at radius 3 is 2.72 bits per heavy atom. The van der Waals surface area contributed by atoms with Gasteiger partial charge in [0.1, 0.15) is 0 Å². The fraction of sp³-hybridized carbons (Fsp3) is 0.429. The molecule has 0 radical (unpaired) electrons. The minimum absolute atomic E-state index is 0.0514. The maximum absolute atomic E-state index is 12.8. The fourth-order valence-electron chi connectivity index (χ4n) is 4.12. The molecule has 29 heavy (non-hydrogen) atoms. The van der Waals surface area contributed by atoms with Gasteiger partial charge in [-0.3, -0.25) is 9.78 Å². The molecule has 0 N–H and O–H groups in total. The van der Waals surface area contributed by atoms with Gasteiger partial charge in [-0.05, 0) is 37.1 Å². The summed E-state index contributed by atoms with van der Waals surface area (Å²) in [4.78, 5) is 25.8. The number of hydrogen-bond donors (Lipinski definition) is 0. The van der Waals surface area contributed by atoms with Gasteiger partial charge in [-0.15, -0.1) is 0 Å². The smallest absolute Gasteiger partial charge is 0.253 e. The van der Waals surface area contributed by atoms with E-state index in [2.05, 4.69) is 16.0 Å². The standard InChI is InChI=1S/C21H24N6O2/c28-21(16-5-7-22-8-6-16)26-9-1-2-17(14-26)20-23-19-4-3-18(15-27(19)24-20)25-10-12-29-13-11-25/h3-8,15,17H,1-2,9-14H2/t17-/m1/s1. The highest BCUT2D eigenvalue weighted by Crippen LogP contribution is 2.27. The van der Waals surface area contributed by atoms with Gasteiger partial charge in [0.15, 0.2) is 11.5 Å². The molecule has 0 aromatic carbocycles. The predicted octanol–water partition coefficient (Wildman–Crippen LogP) is 1.98. The van der Waals surface area contributed by atoms with Gasteiger partial charge in [0, 0.05) is 50.1 Å². The number of fused-ring (bicyclic) bond motifs is 1. The minimum Gasteiger partial charge on any atom is -0.378 e. The molecule has 1 amide bonds. The van der Waals surface area contributed by atoms with Crippen LogP contribution in [0.25, 0.3) is 5.65 Å². The van der Waals surface area contributed by atoms with E-state index in [0.717, 1.165) is 62.8 Å². The maximum Gasteiger partial charge on any atom is 0.253 e. The number of aromatic nitrogens is 4. The van der Waals surface area contributed by atoms with Crippen molar-refractivity contribution in [3.63, 3.8) is 0 Å². The number of carbonyl (C=O) groups excluding carboxylic acids is 1. The van der Waals surface area contributed by atoms with Gasteiger partial charge in [0.05, 0.1) is 25.1 Å². The number of hydrogen-bond acceptors (Lipinski definition) is 6. The van der Waals surface area contributed by atoms with Crippen molar-refractivity contribution in [2.75, 3.05) is 44.3 Å². The van der Waals surface area contributed by atoms with E-state index >= 15 is 0 Å². The number of piperidine rings is 1. The van der Waals surface area contributed by atoms with Crippen LogP contribution in [0.5, 0.6) is 0 Å². The third-order valence-electron chi connectivity index (χ3n) is 5.71. The second-order valence-electron chi connectivity index (χ2n) is 7.59. The van der Waals surface area contributed by atoms with Gasteiger partial charge in [0.2, 0.25) is 0 Å². The van der Waals surface area contributed by atoms with Crippen molar-refractivity contribution in [1.29, 1.82) is 0 Å². The molecule has 5 rings (SSSR count). The zero-order chi connectivity index (χ0) is 19.6. The molecular formula is C21H24N6O2. The summed E-state index contributed by atoms with van der Waals surface area (Å²) in [5.74, 6) is 1.02. The fourth-order valence-corrected chi connectivity index (χ4v) is 4.12. The number of amides is 1. The van der Waals surface area contributed by atoms with E-state index in [4.69, 9.17) is 14.8 Å². The highest BCUT2D eigenvalue weighted by atomic mass is 16.5. The first-order chi connectivity index (χ1) is 14.3. The molecule has 150 valence electrons. The molecule has 0 bridgehead atoms. The van der Waals surface area contributed by atoms with Gasteiger partial charge < -0.3 is 14.5 Å². The first-order valence-corrected chi connectivity index (χ1v) is 10.2. The van der Waals surface area contributed by atoms with Crippen molar-refractivity contribution < 1.29 is 9.53 Å². The van der Waals surface area contributed by atoms with E-state index in [1.807, 2.05) is 21.7 Å². The molecular weight excluding hydrogens is 368 g/mol. The highest BCUT2D eigenvalue weighted by Gasteiger charge is 2.28. The topological polar surface area (TPSA) is 75.9 Å². The predicted molar refractivity (Wildman–Crippen MR) is 108 cm³/mol. The number of nitrogens with zero attached hydrogens (tertiary/aromatic N) is 6. The molecule has 2 aliphatic heterocycles. The molecule has 3 aromatic heterocycles. The summed E-state index contributed by atoms with van der Waals surface area (Å²) in [7, 11) is 0. The number of carbonyl (C=O) groups is 1. The summed E-state index contributed by atoms with van der Waals surface area (Å²) in [5.41, 5.74) is 2.66. The van der Waals surface area contributed by atoms with Crippen molar-refractivity contribution in [2.24, 2.45) is 0 Å². The van der Waals surface area contributed by atoms with Crippen LogP contribution in [0.15, 0.2) is 42.9 Å². The van der Waals surface area contributed by atoms with E-state index in [1.165, 1.54) is 0 Å². The zero-order valence-electron chi connectivity index (χ0n) is 16.3. The maximum atomic E-state index is 12.8. The Morgan fingerprint density at radius 1 is 1.07 bits per heavy atom. The number of morpholine rings is 1. The van der Waals surface area contributed by atoms with Crippen molar-refractivity contribution in [1.82, 2.24) is 24.5 Å². The van der Waals surface area contributed by atoms with E-state index in [1.54, 1.807) is 24.5 Å². The van der Waals surface area contributed by atoms with Gasteiger partial charge in [0.25, 0.3) is 5.91 Å². The number of pyridine rings is 2. The molecule has 0 spiro atoms. The van der Waals surface area contributed by atoms with Crippen molar-refractivity contribution in [3.8, 4) is 0 Å². The Kier molecular flexibility index (Phi) is 4.85. The normalized spacial score (nSPS) is 20.2. The lowest BCUT2D eigenvalue weighted by atomic mass is 9.97. The van der Waals surface area contributed by atoms with Crippen LogP contribution >= 0.6 is 0 Å². The van der Waals surface area contributed by atoms with Gasteiger partial charge in [-0.2, -0.15) is 5.10 Å². The molecule has 0 unspecified atom stereocenters. The van der Waals surface area contributed by atoms with Gasteiger partial charge in [-0.1, -0.05) is 0 Å². The summed E-state index contributed by atoms with van der Waals surface area (Å²) in [5, 5.41) is 4.76. The molecule has 2 saturated heterocycles. The summed E-state index contributed by atoms with van der Waals surface area (Å²) >= 11 is 0. The van der Waals surface area contributed by atoms with Crippen LogP contribution in [0.2, 0.25) is 0 Å². The van der Waals surface area contributed by atoms with Crippen LogP contribution in [-0.2, 0) is 4.74 Å². The highest BCUT2D eigenvalue weighted by molar-refractivity contribution is 5.94. The first-order valence-electron chi connectivity index (χ1n) is 10.2. The van der Waals surface area contributed by atoms with E-state index in [0.29, 0.717) is 12.1 Å². The van der Waals surface area contributed by atoms with Crippen LogP contribution in [0.4, 0.5) is 5.69 Å². The summed E-state index contributed by atoms with van der Waals surface area (Å²) in [6.07, 6.45) is 7.30. The lowest BCUT2D eigenvalue weighted by Gasteiger charge is -2.31. The van der Waals surface area contributed by atoms with E-state index in [9.17, 15) is 4.79 Å². The summed E-state index contributed by atoms with van der Waals surface area (Å²) in [6, 6.07) is 7.65. The quantitative estimate of drug-likeness (QED) is 0.679. The molecule has 0 saturated carbocycles. The van der Waals surface area contributed by atoms with Crippen LogP contribution < -0.4 is 4.90 Å². The molecule has 0 aliphatic carbocycles. The number of ether oxygens (including phenoxy) is 1. The second kappa shape index (κ2) is 7.79.